The predicted molar refractivity (Wildman–Crippen MR) is 66.9 cm³/mol. The van der Waals surface area contributed by atoms with E-state index in [4.69, 9.17) is 5.73 Å². The summed E-state index contributed by atoms with van der Waals surface area (Å²) in [4.78, 5) is 2.71. The second-order valence-corrected chi connectivity index (χ2v) is 5.46. The Morgan fingerprint density at radius 2 is 1.80 bits per heavy atom. The molecule has 0 bridgehead atoms. The van der Waals surface area contributed by atoms with Crippen molar-refractivity contribution in [3.05, 3.63) is 0 Å². The molecular weight excluding hydrogens is 184 g/mol. The maximum Gasteiger partial charge on any atom is 0.00981 e. The molecule has 0 radical (unpaired) electrons. The van der Waals surface area contributed by atoms with Crippen LogP contribution in [0, 0.1) is 5.92 Å². The Kier molecular flexibility index (Phi) is 5.62. The number of nitrogens with zero attached hydrogens (tertiary/aromatic N) is 1. The fraction of sp³-hybridized carbons (Fsp3) is 1.00. The van der Waals surface area contributed by atoms with Gasteiger partial charge in [-0.05, 0) is 38.6 Å². The first-order valence-electron chi connectivity index (χ1n) is 6.61. The monoisotopic (exact) mass is 212 g/mol. The molecule has 1 rings (SSSR count). The highest BCUT2D eigenvalue weighted by Gasteiger charge is 2.26. The molecule has 0 saturated heterocycles. The summed E-state index contributed by atoms with van der Waals surface area (Å²) in [5.74, 6) is 0.769. The molecule has 1 atom stereocenters. The van der Waals surface area contributed by atoms with Crippen molar-refractivity contribution in [3.63, 3.8) is 0 Å². The zero-order valence-corrected chi connectivity index (χ0v) is 10.7. The smallest absolute Gasteiger partial charge is 0.00981 e. The van der Waals surface area contributed by atoms with E-state index in [1.807, 2.05) is 0 Å². The van der Waals surface area contributed by atoms with Crippen molar-refractivity contribution in [3.8, 4) is 0 Å². The van der Waals surface area contributed by atoms with Crippen molar-refractivity contribution < 1.29 is 0 Å². The van der Waals surface area contributed by atoms with Gasteiger partial charge in [-0.3, -0.25) is 4.90 Å². The molecule has 0 heterocycles. The lowest BCUT2D eigenvalue weighted by atomic mass is 10.1. The van der Waals surface area contributed by atoms with Crippen LogP contribution in [0.5, 0.6) is 0 Å². The Hall–Kier alpha value is -0.0800. The van der Waals surface area contributed by atoms with Gasteiger partial charge in [-0.2, -0.15) is 0 Å². The topological polar surface area (TPSA) is 29.3 Å². The van der Waals surface area contributed by atoms with E-state index >= 15 is 0 Å². The molecule has 1 aliphatic carbocycles. The van der Waals surface area contributed by atoms with E-state index in [-0.39, 0.29) is 0 Å². The summed E-state index contributed by atoms with van der Waals surface area (Å²) in [6, 6.07) is 1.51. The predicted octanol–water partition coefficient (Wildman–Crippen LogP) is 2.62. The van der Waals surface area contributed by atoms with E-state index in [2.05, 4.69) is 25.7 Å². The number of hydrogen-bond donors (Lipinski definition) is 1. The lowest BCUT2D eigenvalue weighted by molar-refractivity contribution is 0.123. The van der Waals surface area contributed by atoms with Crippen LogP contribution in [0.4, 0.5) is 0 Å². The van der Waals surface area contributed by atoms with Crippen LogP contribution in [0.25, 0.3) is 0 Å². The quantitative estimate of drug-likeness (QED) is 0.733. The molecule has 1 aliphatic rings. The third kappa shape index (κ3) is 4.12. The molecule has 0 aromatic carbocycles. The SMILES string of the molecule is CC(C)CN(C(C)CCN)C1CCCC1. The minimum absolute atomic E-state index is 0.667. The minimum Gasteiger partial charge on any atom is -0.330 e. The van der Waals surface area contributed by atoms with E-state index < -0.39 is 0 Å². The first-order valence-corrected chi connectivity index (χ1v) is 6.61. The Morgan fingerprint density at radius 1 is 1.20 bits per heavy atom. The third-order valence-corrected chi connectivity index (χ3v) is 3.52. The van der Waals surface area contributed by atoms with Gasteiger partial charge in [-0.15, -0.1) is 0 Å². The number of nitrogens with two attached hydrogens (primary N) is 1. The summed E-state index contributed by atoms with van der Waals surface area (Å²) in [6.07, 6.45) is 6.80. The van der Waals surface area contributed by atoms with Crippen LogP contribution in [0.3, 0.4) is 0 Å². The minimum atomic E-state index is 0.667. The standard InChI is InChI=1S/C13H28N2/c1-11(2)10-15(12(3)8-9-14)13-6-4-5-7-13/h11-13H,4-10,14H2,1-3H3. The summed E-state index contributed by atoms with van der Waals surface area (Å²) in [5, 5.41) is 0. The van der Waals surface area contributed by atoms with Crippen molar-refractivity contribution in [2.75, 3.05) is 13.1 Å². The van der Waals surface area contributed by atoms with Crippen LogP contribution < -0.4 is 5.73 Å². The Labute approximate surface area is 95.2 Å². The summed E-state index contributed by atoms with van der Waals surface area (Å²) >= 11 is 0. The van der Waals surface area contributed by atoms with E-state index in [0.29, 0.717) is 6.04 Å². The Bertz CT molecular complexity index is 162. The molecule has 15 heavy (non-hydrogen) atoms. The van der Waals surface area contributed by atoms with Gasteiger partial charge in [0.05, 0.1) is 0 Å². The molecule has 0 spiro atoms. The lowest BCUT2D eigenvalue weighted by Crippen LogP contribution is -2.43. The zero-order valence-electron chi connectivity index (χ0n) is 10.7. The van der Waals surface area contributed by atoms with Crippen molar-refractivity contribution in [1.29, 1.82) is 0 Å². The molecule has 2 nitrogen and oxygen atoms in total. The third-order valence-electron chi connectivity index (χ3n) is 3.52. The summed E-state index contributed by atoms with van der Waals surface area (Å²) in [6.45, 7) is 9.04. The van der Waals surface area contributed by atoms with Crippen LogP contribution in [-0.2, 0) is 0 Å². The van der Waals surface area contributed by atoms with Gasteiger partial charge in [-0.1, -0.05) is 26.7 Å². The van der Waals surface area contributed by atoms with E-state index in [1.165, 1.54) is 32.2 Å². The second-order valence-electron chi connectivity index (χ2n) is 5.46. The summed E-state index contributed by atoms with van der Waals surface area (Å²) in [5.41, 5.74) is 5.67. The largest absolute Gasteiger partial charge is 0.330 e. The van der Waals surface area contributed by atoms with Gasteiger partial charge in [0.15, 0.2) is 0 Å². The van der Waals surface area contributed by atoms with Gasteiger partial charge >= 0.3 is 0 Å². The average Bonchev–Trinajstić information content (AvgIpc) is 2.66. The van der Waals surface area contributed by atoms with Crippen molar-refractivity contribution >= 4 is 0 Å². The molecule has 1 saturated carbocycles. The van der Waals surface area contributed by atoms with Crippen LogP contribution >= 0.6 is 0 Å². The molecule has 2 heteroatoms. The average molecular weight is 212 g/mol. The normalized spacial score (nSPS) is 20.4. The zero-order chi connectivity index (χ0) is 11.3. The highest BCUT2D eigenvalue weighted by molar-refractivity contribution is 4.81. The highest BCUT2D eigenvalue weighted by atomic mass is 15.2. The molecular formula is C13H28N2. The molecule has 90 valence electrons. The summed E-state index contributed by atoms with van der Waals surface area (Å²) in [7, 11) is 0. The fourth-order valence-electron chi connectivity index (χ4n) is 2.75. The van der Waals surface area contributed by atoms with Crippen LogP contribution in [0.1, 0.15) is 52.9 Å². The molecule has 0 amide bonds. The molecule has 1 fully saturated rings. The van der Waals surface area contributed by atoms with Crippen LogP contribution in [0.15, 0.2) is 0 Å². The van der Waals surface area contributed by atoms with Gasteiger partial charge in [0.1, 0.15) is 0 Å². The van der Waals surface area contributed by atoms with Crippen molar-refractivity contribution in [1.82, 2.24) is 4.90 Å². The lowest BCUT2D eigenvalue weighted by Gasteiger charge is -2.35. The molecule has 2 N–H and O–H groups in total. The number of hydrogen-bond acceptors (Lipinski definition) is 2. The van der Waals surface area contributed by atoms with Crippen molar-refractivity contribution in [2.24, 2.45) is 11.7 Å². The van der Waals surface area contributed by atoms with E-state index in [0.717, 1.165) is 24.9 Å². The van der Waals surface area contributed by atoms with E-state index in [1.54, 1.807) is 0 Å². The van der Waals surface area contributed by atoms with Crippen molar-refractivity contribution in [2.45, 2.75) is 65.0 Å². The van der Waals surface area contributed by atoms with E-state index in [9.17, 15) is 0 Å². The first kappa shape index (κ1) is 13.0. The van der Waals surface area contributed by atoms with Gasteiger partial charge in [0.2, 0.25) is 0 Å². The summed E-state index contributed by atoms with van der Waals surface area (Å²) < 4.78 is 0. The second kappa shape index (κ2) is 6.49. The van der Waals surface area contributed by atoms with Gasteiger partial charge in [-0.25, -0.2) is 0 Å². The fourth-order valence-corrected chi connectivity index (χ4v) is 2.75. The Morgan fingerprint density at radius 3 is 2.27 bits per heavy atom. The molecule has 1 unspecified atom stereocenters. The van der Waals surface area contributed by atoms with Gasteiger partial charge in [0.25, 0.3) is 0 Å². The maximum absolute atomic E-state index is 5.67. The highest BCUT2D eigenvalue weighted by Crippen LogP contribution is 2.26. The first-order chi connectivity index (χ1) is 7.15. The molecule has 0 aromatic rings. The molecule has 0 aromatic heterocycles. The van der Waals surface area contributed by atoms with Gasteiger partial charge in [0, 0.05) is 18.6 Å². The number of rotatable bonds is 6. The van der Waals surface area contributed by atoms with Crippen LogP contribution in [-0.4, -0.2) is 30.1 Å². The Balaban J connectivity index is 2.50. The van der Waals surface area contributed by atoms with Gasteiger partial charge < -0.3 is 5.73 Å². The molecule has 0 aliphatic heterocycles. The van der Waals surface area contributed by atoms with Crippen LogP contribution in [0.2, 0.25) is 0 Å². The maximum atomic E-state index is 5.67.